The lowest BCUT2D eigenvalue weighted by atomic mass is 9.95. The molecule has 0 amide bonds. The molecule has 2 aromatic heterocycles. The summed E-state index contributed by atoms with van der Waals surface area (Å²) < 4.78 is 64.6. The van der Waals surface area contributed by atoms with Gasteiger partial charge >= 0.3 is 12.1 Å². The molecule has 9 nitrogen and oxygen atoms in total. The zero-order valence-electron chi connectivity index (χ0n) is 17.7. The van der Waals surface area contributed by atoms with E-state index in [1.165, 1.54) is 12.5 Å². The van der Waals surface area contributed by atoms with Crippen molar-refractivity contribution in [1.29, 1.82) is 0 Å². The monoisotopic (exact) mass is 475 g/mol. The van der Waals surface area contributed by atoms with Crippen LogP contribution in [0.1, 0.15) is 55.0 Å². The summed E-state index contributed by atoms with van der Waals surface area (Å²) in [6, 6.07) is 2.71. The zero-order valence-corrected chi connectivity index (χ0v) is 17.7. The number of carboxylic acid groups (broad SMARTS) is 1. The topological polar surface area (TPSA) is 113 Å². The van der Waals surface area contributed by atoms with Gasteiger partial charge in [-0.25, -0.2) is 19.7 Å². The number of aromatic nitrogens is 3. The summed E-state index contributed by atoms with van der Waals surface area (Å²) in [5, 5.41) is 9.24. The fourth-order valence-electron chi connectivity index (χ4n) is 3.60. The van der Waals surface area contributed by atoms with E-state index in [2.05, 4.69) is 19.9 Å². The smallest absolute Gasteiger partial charge is 0.433 e. The van der Waals surface area contributed by atoms with Crippen LogP contribution in [0.3, 0.4) is 0 Å². The van der Waals surface area contributed by atoms with Gasteiger partial charge in [0.2, 0.25) is 0 Å². The molecule has 2 saturated heterocycles. The SMILES string of the molecule is CC1OC(c2ncncc2C(=O)O)CC2OC(C)(C)OC12.FOc1cccc(C(F)(F)F)n1. The molecule has 2 aliphatic rings. The number of carbonyl (C=O) groups is 1. The first-order chi connectivity index (χ1) is 15.4. The van der Waals surface area contributed by atoms with E-state index in [1.807, 2.05) is 20.8 Å². The molecule has 2 fully saturated rings. The Balaban J connectivity index is 0.000000218. The van der Waals surface area contributed by atoms with E-state index >= 15 is 0 Å². The number of carboxylic acids is 1. The van der Waals surface area contributed by atoms with Crippen LogP contribution in [0.5, 0.6) is 5.88 Å². The molecule has 4 unspecified atom stereocenters. The van der Waals surface area contributed by atoms with Crippen molar-refractivity contribution in [1.82, 2.24) is 15.0 Å². The fraction of sp³-hybridized carbons (Fsp3) is 0.500. The van der Waals surface area contributed by atoms with Crippen molar-refractivity contribution in [3.05, 3.63) is 47.7 Å². The molecule has 4 rings (SSSR count). The minimum Gasteiger partial charge on any atom is -0.478 e. The molecule has 0 radical (unpaired) electrons. The molecule has 4 atom stereocenters. The molecular formula is C20H21F4N3O6. The van der Waals surface area contributed by atoms with E-state index in [-0.39, 0.29) is 23.9 Å². The van der Waals surface area contributed by atoms with Crippen LogP contribution in [0.25, 0.3) is 0 Å². The van der Waals surface area contributed by atoms with E-state index in [0.29, 0.717) is 12.1 Å². The Bertz CT molecular complexity index is 990. The molecule has 33 heavy (non-hydrogen) atoms. The Kier molecular flexibility index (Phi) is 7.14. The van der Waals surface area contributed by atoms with E-state index < -0.39 is 35.6 Å². The third-order valence-corrected chi connectivity index (χ3v) is 4.88. The highest BCUT2D eigenvalue weighted by atomic mass is 19.4. The van der Waals surface area contributed by atoms with Gasteiger partial charge in [0.15, 0.2) is 5.79 Å². The molecule has 13 heteroatoms. The van der Waals surface area contributed by atoms with Crippen LogP contribution in [-0.4, -0.2) is 50.1 Å². The van der Waals surface area contributed by atoms with E-state index in [1.54, 1.807) is 0 Å². The molecular weight excluding hydrogens is 454 g/mol. The first kappa shape index (κ1) is 24.7. The molecule has 1 N–H and O–H groups in total. The molecule has 2 aromatic rings. The summed E-state index contributed by atoms with van der Waals surface area (Å²) in [4.78, 5) is 25.0. The molecule has 0 saturated carbocycles. The summed E-state index contributed by atoms with van der Waals surface area (Å²) in [5.41, 5.74) is -0.736. The van der Waals surface area contributed by atoms with Gasteiger partial charge in [0.25, 0.3) is 5.88 Å². The average molecular weight is 475 g/mol. The van der Waals surface area contributed by atoms with E-state index in [4.69, 9.17) is 14.2 Å². The number of hydrogen-bond donors (Lipinski definition) is 1. The van der Waals surface area contributed by atoms with Gasteiger partial charge in [0.05, 0.1) is 17.9 Å². The van der Waals surface area contributed by atoms with E-state index in [9.17, 15) is 27.6 Å². The number of fused-ring (bicyclic) bond motifs is 1. The maximum absolute atomic E-state index is 11.9. The molecule has 4 heterocycles. The van der Waals surface area contributed by atoms with Crippen LogP contribution >= 0.6 is 0 Å². The number of alkyl halides is 3. The number of halogens is 4. The highest BCUT2D eigenvalue weighted by Gasteiger charge is 2.49. The Morgan fingerprint density at radius 1 is 1.27 bits per heavy atom. The minimum atomic E-state index is -4.57. The standard InChI is InChI=1S/C14H18N2O5.C6H3F4NO/c1-7-12-10(20-14(2,3)21-12)4-9(19-7)11-8(13(17)18)5-15-6-16-11;7-6(8,9)4-2-1-3-5(11-4)12-10/h5-7,9-10,12H,4H2,1-3H3,(H,17,18);1-3H. The van der Waals surface area contributed by atoms with Crippen molar-refractivity contribution in [3.8, 4) is 5.88 Å². The van der Waals surface area contributed by atoms with Crippen LogP contribution in [0.4, 0.5) is 17.7 Å². The summed E-state index contributed by atoms with van der Waals surface area (Å²) in [7, 11) is 0. The molecule has 0 spiro atoms. The number of hydrogen-bond acceptors (Lipinski definition) is 8. The van der Waals surface area contributed by atoms with Crippen LogP contribution in [-0.2, 0) is 20.4 Å². The lowest BCUT2D eigenvalue weighted by molar-refractivity contribution is -0.156. The fourth-order valence-corrected chi connectivity index (χ4v) is 3.60. The van der Waals surface area contributed by atoms with Crippen molar-refractivity contribution in [2.45, 2.75) is 63.6 Å². The summed E-state index contributed by atoms with van der Waals surface area (Å²) >= 11 is 0. The van der Waals surface area contributed by atoms with Crippen LogP contribution in [0, 0.1) is 0 Å². The molecule has 2 aliphatic heterocycles. The molecule has 0 aliphatic carbocycles. The predicted octanol–water partition coefficient (Wildman–Crippen LogP) is 3.91. The first-order valence-electron chi connectivity index (χ1n) is 9.78. The van der Waals surface area contributed by atoms with Gasteiger partial charge in [0, 0.05) is 23.2 Å². The van der Waals surface area contributed by atoms with Crippen molar-refractivity contribution < 1.29 is 46.8 Å². The second-order valence-corrected chi connectivity index (χ2v) is 7.77. The average Bonchev–Trinajstić information content (AvgIpc) is 3.08. The summed E-state index contributed by atoms with van der Waals surface area (Å²) in [6.45, 7) is 5.62. The highest BCUT2D eigenvalue weighted by molar-refractivity contribution is 5.88. The van der Waals surface area contributed by atoms with E-state index in [0.717, 1.165) is 18.2 Å². The third kappa shape index (κ3) is 5.92. The predicted molar refractivity (Wildman–Crippen MR) is 102 cm³/mol. The number of pyridine rings is 1. The first-order valence-corrected chi connectivity index (χ1v) is 9.78. The second-order valence-electron chi connectivity index (χ2n) is 7.77. The number of rotatable bonds is 3. The molecule has 0 bridgehead atoms. The van der Waals surface area contributed by atoms with Crippen LogP contribution < -0.4 is 4.94 Å². The minimum absolute atomic E-state index is 0.0614. The van der Waals surface area contributed by atoms with Crippen molar-refractivity contribution in [2.75, 3.05) is 0 Å². The zero-order chi connectivity index (χ0) is 24.4. The molecule has 180 valence electrons. The van der Waals surface area contributed by atoms with Crippen molar-refractivity contribution in [3.63, 3.8) is 0 Å². The maximum atomic E-state index is 11.9. The second kappa shape index (κ2) is 9.53. The van der Waals surface area contributed by atoms with Gasteiger partial charge in [-0.15, -0.1) is 0 Å². The van der Waals surface area contributed by atoms with Gasteiger partial charge in [-0.2, -0.15) is 13.2 Å². The van der Waals surface area contributed by atoms with Crippen LogP contribution in [0.15, 0.2) is 30.7 Å². The number of nitrogens with zero attached hydrogens (tertiary/aromatic N) is 3. The van der Waals surface area contributed by atoms with Gasteiger partial charge in [-0.05, 0) is 26.8 Å². The Hall–Kier alpha value is -2.90. The van der Waals surface area contributed by atoms with Crippen molar-refractivity contribution >= 4 is 5.97 Å². The Morgan fingerprint density at radius 2 is 2.00 bits per heavy atom. The normalized spacial score (nSPS) is 26.0. The van der Waals surface area contributed by atoms with Crippen molar-refractivity contribution in [2.24, 2.45) is 0 Å². The van der Waals surface area contributed by atoms with Crippen LogP contribution in [0.2, 0.25) is 0 Å². The van der Waals surface area contributed by atoms with Gasteiger partial charge in [0.1, 0.15) is 29.8 Å². The lowest BCUT2D eigenvalue weighted by Crippen LogP contribution is -2.42. The van der Waals surface area contributed by atoms with Gasteiger partial charge < -0.3 is 19.3 Å². The third-order valence-electron chi connectivity index (χ3n) is 4.88. The quantitative estimate of drug-likeness (QED) is 0.660. The summed E-state index contributed by atoms with van der Waals surface area (Å²) in [6.07, 6.45) is -2.36. The lowest BCUT2D eigenvalue weighted by Gasteiger charge is -2.34. The largest absolute Gasteiger partial charge is 0.478 e. The Morgan fingerprint density at radius 3 is 2.64 bits per heavy atom. The van der Waals surface area contributed by atoms with Gasteiger partial charge in [-0.3, -0.25) is 4.94 Å². The number of ether oxygens (including phenoxy) is 3. The Labute approximate surface area is 185 Å². The number of aromatic carboxylic acids is 1. The highest BCUT2D eigenvalue weighted by Crippen LogP contribution is 2.41. The molecule has 0 aromatic carbocycles. The van der Waals surface area contributed by atoms with Gasteiger partial charge in [-0.1, -0.05) is 6.07 Å². The summed E-state index contributed by atoms with van der Waals surface area (Å²) in [5.74, 6) is -2.42. The maximum Gasteiger partial charge on any atom is 0.433 e.